The van der Waals surface area contributed by atoms with Crippen molar-refractivity contribution in [3.63, 3.8) is 0 Å². The maximum Gasteiger partial charge on any atom is 0.315 e. The Bertz CT molecular complexity index is 718. The maximum absolute atomic E-state index is 13.4. The van der Waals surface area contributed by atoms with Crippen molar-refractivity contribution in [1.29, 1.82) is 0 Å². The molecule has 6 nitrogen and oxygen atoms in total. The number of rotatable bonds is 4. The molecule has 1 aliphatic rings. The second-order valence-corrected chi connectivity index (χ2v) is 5.57. The molecule has 1 aromatic heterocycles. The van der Waals surface area contributed by atoms with Crippen LogP contribution in [0.1, 0.15) is 18.6 Å². The van der Waals surface area contributed by atoms with Crippen LogP contribution >= 0.6 is 0 Å². The molecule has 0 aliphatic carbocycles. The molecular formula is C17H18FN3O3. The van der Waals surface area contributed by atoms with Crippen molar-refractivity contribution >= 4 is 17.6 Å². The molecule has 1 atom stereocenters. The number of nitrogens with one attached hydrogen (secondary N) is 2. The number of carbonyl (C=O) groups excluding carboxylic acids is 2. The summed E-state index contributed by atoms with van der Waals surface area (Å²) in [6.45, 7) is 0.752. The fourth-order valence-corrected chi connectivity index (χ4v) is 2.70. The molecule has 0 unspecified atom stereocenters. The van der Waals surface area contributed by atoms with Gasteiger partial charge in [-0.2, -0.15) is 0 Å². The topological polar surface area (TPSA) is 74.6 Å². The molecule has 2 heterocycles. The van der Waals surface area contributed by atoms with Crippen molar-refractivity contribution < 1.29 is 18.4 Å². The van der Waals surface area contributed by atoms with Crippen molar-refractivity contribution in [2.24, 2.45) is 0 Å². The van der Waals surface area contributed by atoms with Crippen LogP contribution in [0.25, 0.3) is 0 Å². The molecule has 24 heavy (non-hydrogen) atoms. The van der Waals surface area contributed by atoms with Gasteiger partial charge < -0.3 is 20.0 Å². The van der Waals surface area contributed by atoms with Gasteiger partial charge in [-0.1, -0.05) is 6.07 Å². The summed E-state index contributed by atoms with van der Waals surface area (Å²) >= 11 is 0. The van der Waals surface area contributed by atoms with Crippen LogP contribution in [0.2, 0.25) is 0 Å². The number of anilines is 1. The highest BCUT2D eigenvalue weighted by molar-refractivity contribution is 5.99. The number of halogens is 1. The Kier molecular flexibility index (Phi) is 4.79. The standard InChI is InChI=1S/C17H18FN3O3/c18-12-4-1-5-13(10-12)21-8-2-7-15(16(21)22)20-17(23)19-11-14-6-3-9-24-14/h1,3-6,9-10,15H,2,7-8,11H2,(H2,19,20,23)/t15-/m1/s1. The quantitative estimate of drug-likeness (QED) is 0.903. The molecule has 1 aliphatic heterocycles. The summed E-state index contributed by atoms with van der Waals surface area (Å²) in [4.78, 5) is 26.0. The van der Waals surface area contributed by atoms with Gasteiger partial charge in [-0.15, -0.1) is 0 Å². The minimum atomic E-state index is -0.626. The zero-order valence-corrected chi connectivity index (χ0v) is 13.0. The molecule has 1 aromatic carbocycles. The van der Waals surface area contributed by atoms with Crippen molar-refractivity contribution in [2.45, 2.75) is 25.4 Å². The van der Waals surface area contributed by atoms with Crippen LogP contribution in [0.15, 0.2) is 47.1 Å². The minimum Gasteiger partial charge on any atom is -0.467 e. The second kappa shape index (κ2) is 7.16. The van der Waals surface area contributed by atoms with Gasteiger partial charge in [-0.3, -0.25) is 4.79 Å². The Morgan fingerprint density at radius 2 is 2.21 bits per heavy atom. The molecule has 1 saturated heterocycles. The van der Waals surface area contributed by atoms with E-state index >= 15 is 0 Å². The summed E-state index contributed by atoms with van der Waals surface area (Å²) in [6.07, 6.45) is 2.81. The van der Waals surface area contributed by atoms with Gasteiger partial charge >= 0.3 is 6.03 Å². The van der Waals surface area contributed by atoms with E-state index in [1.165, 1.54) is 23.3 Å². The highest BCUT2D eigenvalue weighted by atomic mass is 19.1. The first kappa shape index (κ1) is 16.0. The fraction of sp³-hybridized carbons (Fsp3) is 0.294. The van der Waals surface area contributed by atoms with Gasteiger partial charge in [-0.05, 0) is 43.2 Å². The Hall–Kier alpha value is -2.83. The van der Waals surface area contributed by atoms with Crippen LogP contribution in [0.3, 0.4) is 0 Å². The molecule has 0 spiro atoms. The summed E-state index contributed by atoms with van der Waals surface area (Å²) in [5.74, 6) is -0.00641. The van der Waals surface area contributed by atoms with Gasteiger partial charge in [-0.25, -0.2) is 9.18 Å². The molecule has 7 heteroatoms. The lowest BCUT2D eigenvalue weighted by atomic mass is 10.0. The lowest BCUT2D eigenvalue weighted by molar-refractivity contribution is -0.121. The molecule has 2 N–H and O–H groups in total. The number of urea groups is 1. The highest BCUT2D eigenvalue weighted by Gasteiger charge is 2.30. The Morgan fingerprint density at radius 1 is 1.33 bits per heavy atom. The van der Waals surface area contributed by atoms with Crippen LogP contribution in [-0.4, -0.2) is 24.5 Å². The third kappa shape index (κ3) is 3.73. The van der Waals surface area contributed by atoms with Gasteiger partial charge in [0.15, 0.2) is 0 Å². The zero-order chi connectivity index (χ0) is 16.9. The molecule has 3 amide bonds. The van der Waals surface area contributed by atoms with E-state index in [2.05, 4.69) is 10.6 Å². The van der Waals surface area contributed by atoms with Crippen LogP contribution < -0.4 is 15.5 Å². The number of furan rings is 1. The zero-order valence-electron chi connectivity index (χ0n) is 13.0. The summed E-state index contributed by atoms with van der Waals surface area (Å²) < 4.78 is 18.5. The third-order valence-electron chi connectivity index (χ3n) is 3.87. The normalized spacial score (nSPS) is 17.6. The van der Waals surface area contributed by atoms with E-state index in [1.807, 2.05) is 0 Å². The Morgan fingerprint density at radius 3 is 2.96 bits per heavy atom. The molecule has 126 valence electrons. The minimum absolute atomic E-state index is 0.236. The lowest BCUT2D eigenvalue weighted by Crippen LogP contribution is -2.54. The van der Waals surface area contributed by atoms with E-state index in [4.69, 9.17) is 4.42 Å². The van der Waals surface area contributed by atoms with Crippen LogP contribution in [-0.2, 0) is 11.3 Å². The molecule has 0 saturated carbocycles. The van der Waals surface area contributed by atoms with E-state index in [9.17, 15) is 14.0 Å². The first-order valence-corrected chi connectivity index (χ1v) is 7.77. The fourth-order valence-electron chi connectivity index (χ4n) is 2.70. The van der Waals surface area contributed by atoms with E-state index < -0.39 is 17.9 Å². The number of amides is 3. The lowest BCUT2D eigenvalue weighted by Gasteiger charge is -2.32. The third-order valence-corrected chi connectivity index (χ3v) is 3.87. The van der Waals surface area contributed by atoms with E-state index in [-0.39, 0.29) is 12.5 Å². The summed E-state index contributed by atoms with van der Waals surface area (Å²) in [6, 6.07) is 8.30. The number of hydrogen-bond donors (Lipinski definition) is 2. The average Bonchev–Trinajstić information content (AvgIpc) is 3.08. The summed E-state index contributed by atoms with van der Waals surface area (Å²) in [5.41, 5.74) is 0.502. The van der Waals surface area contributed by atoms with Crippen LogP contribution in [0.5, 0.6) is 0 Å². The number of nitrogens with zero attached hydrogens (tertiary/aromatic N) is 1. The molecule has 1 fully saturated rings. The average molecular weight is 331 g/mol. The Balaban J connectivity index is 1.59. The Labute approximate surface area is 138 Å². The highest BCUT2D eigenvalue weighted by Crippen LogP contribution is 2.21. The van der Waals surface area contributed by atoms with Gasteiger partial charge in [0.05, 0.1) is 12.8 Å². The number of piperidine rings is 1. The van der Waals surface area contributed by atoms with E-state index in [0.717, 1.165) is 6.42 Å². The summed E-state index contributed by atoms with van der Waals surface area (Å²) in [5, 5.41) is 5.31. The van der Waals surface area contributed by atoms with Crippen LogP contribution in [0, 0.1) is 5.82 Å². The molecule has 3 rings (SSSR count). The second-order valence-electron chi connectivity index (χ2n) is 5.57. The first-order valence-electron chi connectivity index (χ1n) is 7.77. The molecule has 0 radical (unpaired) electrons. The predicted octanol–water partition coefficient (Wildman–Crippen LogP) is 2.41. The van der Waals surface area contributed by atoms with E-state index in [0.29, 0.717) is 24.4 Å². The van der Waals surface area contributed by atoms with Crippen molar-refractivity contribution in [3.8, 4) is 0 Å². The van der Waals surface area contributed by atoms with E-state index in [1.54, 1.807) is 24.3 Å². The first-order chi connectivity index (χ1) is 11.6. The number of benzene rings is 1. The largest absolute Gasteiger partial charge is 0.467 e. The molecule has 2 aromatic rings. The molecular weight excluding hydrogens is 313 g/mol. The maximum atomic E-state index is 13.4. The van der Waals surface area contributed by atoms with Gasteiger partial charge in [0.25, 0.3) is 0 Å². The number of hydrogen-bond acceptors (Lipinski definition) is 3. The SMILES string of the molecule is O=C(NCc1ccco1)N[C@@H]1CCCN(c2cccc(F)c2)C1=O. The van der Waals surface area contributed by atoms with Gasteiger partial charge in [0.2, 0.25) is 5.91 Å². The number of carbonyl (C=O) groups is 2. The van der Waals surface area contributed by atoms with Gasteiger partial charge in [0.1, 0.15) is 17.6 Å². The molecule has 0 bridgehead atoms. The summed E-state index contributed by atoms with van der Waals surface area (Å²) in [7, 11) is 0. The van der Waals surface area contributed by atoms with Gasteiger partial charge in [0, 0.05) is 12.2 Å². The van der Waals surface area contributed by atoms with Crippen molar-refractivity contribution in [3.05, 3.63) is 54.2 Å². The van der Waals surface area contributed by atoms with Crippen molar-refractivity contribution in [1.82, 2.24) is 10.6 Å². The predicted molar refractivity (Wildman–Crippen MR) is 85.9 cm³/mol. The smallest absolute Gasteiger partial charge is 0.315 e. The van der Waals surface area contributed by atoms with Crippen molar-refractivity contribution in [2.75, 3.05) is 11.4 Å². The monoisotopic (exact) mass is 331 g/mol. The van der Waals surface area contributed by atoms with Crippen LogP contribution in [0.4, 0.5) is 14.9 Å².